The molecule has 0 bridgehead atoms. The number of morpholine rings is 1. The molecule has 0 aliphatic carbocycles. The number of hydrogen-bond donors (Lipinski definition) is 2. The molecule has 0 saturated carbocycles. The lowest BCUT2D eigenvalue weighted by molar-refractivity contribution is 0.122. The topological polar surface area (TPSA) is 87.6 Å². The summed E-state index contributed by atoms with van der Waals surface area (Å²) in [5.74, 6) is 0.895. The molecule has 0 spiro atoms. The van der Waals surface area contributed by atoms with Gasteiger partial charge in [-0.25, -0.2) is 9.82 Å². The molecule has 1 aliphatic heterocycles. The first kappa shape index (κ1) is 18.8. The van der Waals surface area contributed by atoms with Crippen molar-refractivity contribution in [3.63, 3.8) is 0 Å². The van der Waals surface area contributed by atoms with Crippen LogP contribution in [0.3, 0.4) is 0 Å². The molecule has 0 radical (unpaired) electrons. The minimum absolute atomic E-state index is 0.285. The lowest BCUT2D eigenvalue weighted by Crippen LogP contribution is -2.37. The maximum Gasteiger partial charge on any atom is 0.250 e. The lowest BCUT2D eigenvalue weighted by atomic mass is 10.2. The number of nitrogens with zero attached hydrogens (tertiary/aromatic N) is 5. The Labute approximate surface area is 167 Å². The molecule has 8 nitrogen and oxygen atoms in total. The quantitative estimate of drug-likeness (QED) is 0.492. The third-order valence-electron chi connectivity index (χ3n) is 4.17. The van der Waals surface area contributed by atoms with Gasteiger partial charge in [-0.2, -0.15) is 20.1 Å². The van der Waals surface area contributed by atoms with Crippen LogP contribution in [0.1, 0.15) is 5.56 Å². The molecule has 2 N–H and O–H groups in total. The second-order valence-corrected chi connectivity index (χ2v) is 6.30. The molecule has 1 aromatic heterocycles. The summed E-state index contributed by atoms with van der Waals surface area (Å²) in [5.41, 5.74) is 4.29. The average Bonchev–Trinajstić information content (AvgIpc) is 2.75. The average molecular weight is 393 g/mol. The van der Waals surface area contributed by atoms with E-state index in [-0.39, 0.29) is 11.8 Å². The van der Waals surface area contributed by atoms with Gasteiger partial charge in [0.05, 0.1) is 19.4 Å². The predicted molar refractivity (Wildman–Crippen MR) is 110 cm³/mol. The van der Waals surface area contributed by atoms with Crippen LogP contribution >= 0.6 is 0 Å². The highest BCUT2D eigenvalue weighted by atomic mass is 19.1. The molecular weight excluding hydrogens is 373 g/mol. The van der Waals surface area contributed by atoms with Crippen molar-refractivity contribution in [3.8, 4) is 0 Å². The molecular formula is C20H20FN7O. The van der Waals surface area contributed by atoms with Crippen LogP contribution in [-0.4, -0.2) is 47.5 Å². The minimum Gasteiger partial charge on any atom is -0.378 e. The summed E-state index contributed by atoms with van der Waals surface area (Å²) in [7, 11) is 0. The van der Waals surface area contributed by atoms with Gasteiger partial charge in [-0.15, -0.1) is 0 Å². The van der Waals surface area contributed by atoms with Gasteiger partial charge < -0.3 is 15.0 Å². The fraction of sp³-hybridized carbons (Fsp3) is 0.200. The zero-order valence-corrected chi connectivity index (χ0v) is 15.6. The Bertz CT molecular complexity index is 978. The fourth-order valence-corrected chi connectivity index (χ4v) is 2.78. The van der Waals surface area contributed by atoms with Gasteiger partial charge in [0.15, 0.2) is 0 Å². The third-order valence-corrected chi connectivity index (χ3v) is 4.17. The SMILES string of the molecule is Fc1cccc(C=NNc2nc(Nc3ccccc3)nc(N3CCOCC3)n2)c1. The van der Waals surface area contributed by atoms with Gasteiger partial charge in [0.25, 0.3) is 0 Å². The standard InChI is InChI=1S/C20H20FN7O/c21-16-6-4-5-15(13-16)14-22-27-19-24-18(23-17-7-2-1-3-8-17)25-20(26-19)28-9-11-29-12-10-28/h1-8,13-14H,9-12H2,(H2,23,24,25,26,27). The fourth-order valence-electron chi connectivity index (χ4n) is 2.78. The van der Waals surface area contributed by atoms with Gasteiger partial charge in [0, 0.05) is 18.8 Å². The van der Waals surface area contributed by atoms with Crippen molar-refractivity contribution in [1.29, 1.82) is 0 Å². The second-order valence-electron chi connectivity index (χ2n) is 6.30. The maximum atomic E-state index is 13.3. The van der Waals surface area contributed by atoms with Crippen LogP contribution in [0.25, 0.3) is 0 Å². The van der Waals surface area contributed by atoms with E-state index in [1.807, 2.05) is 35.2 Å². The van der Waals surface area contributed by atoms with E-state index in [4.69, 9.17) is 4.74 Å². The molecule has 2 heterocycles. The molecule has 1 saturated heterocycles. The lowest BCUT2D eigenvalue weighted by Gasteiger charge is -2.27. The Morgan fingerprint density at radius 1 is 0.966 bits per heavy atom. The molecule has 2 aromatic carbocycles. The minimum atomic E-state index is -0.321. The zero-order chi connectivity index (χ0) is 19.9. The van der Waals surface area contributed by atoms with Crippen molar-refractivity contribution in [2.45, 2.75) is 0 Å². The van der Waals surface area contributed by atoms with Crippen molar-refractivity contribution < 1.29 is 9.13 Å². The van der Waals surface area contributed by atoms with E-state index in [1.54, 1.807) is 12.1 Å². The Kier molecular flexibility index (Phi) is 5.87. The van der Waals surface area contributed by atoms with Crippen LogP contribution in [0.2, 0.25) is 0 Å². The molecule has 4 rings (SSSR count). The van der Waals surface area contributed by atoms with Crippen LogP contribution in [-0.2, 0) is 4.74 Å². The van der Waals surface area contributed by atoms with Gasteiger partial charge in [0.2, 0.25) is 17.8 Å². The highest BCUT2D eigenvalue weighted by Gasteiger charge is 2.16. The van der Waals surface area contributed by atoms with Gasteiger partial charge in [-0.05, 0) is 29.8 Å². The number of benzene rings is 2. The summed E-state index contributed by atoms with van der Waals surface area (Å²) in [6.45, 7) is 2.63. The number of hydrazone groups is 1. The summed E-state index contributed by atoms with van der Waals surface area (Å²) < 4.78 is 18.7. The molecule has 1 aliphatic rings. The van der Waals surface area contributed by atoms with Crippen molar-refractivity contribution >= 4 is 29.7 Å². The highest BCUT2D eigenvalue weighted by molar-refractivity contribution is 5.79. The van der Waals surface area contributed by atoms with E-state index in [2.05, 4.69) is 30.8 Å². The number of anilines is 4. The van der Waals surface area contributed by atoms with Crippen LogP contribution in [0.4, 0.5) is 27.9 Å². The molecule has 0 atom stereocenters. The Hall–Kier alpha value is -3.59. The van der Waals surface area contributed by atoms with E-state index in [0.717, 1.165) is 5.69 Å². The molecule has 0 amide bonds. The van der Waals surface area contributed by atoms with Crippen molar-refractivity contribution in [2.75, 3.05) is 41.9 Å². The van der Waals surface area contributed by atoms with Gasteiger partial charge >= 0.3 is 0 Å². The summed E-state index contributed by atoms with van der Waals surface area (Å²) in [5, 5.41) is 7.30. The molecule has 3 aromatic rings. The van der Waals surface area contributed by atoms with Crippen molar-refractivity contribution in [1.82, 2.24) is 15.0 Å². The first-order valence-corrected chi connectivity index (χ1v) is 9.22. The number of para-hydroxylation sites is 1. The number of ether oxygens (including phenoxy) is 1. The third kappa shape index (κ3) is 5.23. The van der Waals surface area contributed by atoms with Crippen LogP contribution in [0.15, 0.2) is 59.7 Å². The first-order chi connectivity index (χ1) is 14.3. The summed E-state index contributed by atoms with van der Waals surface area (Å²) >= 11 is 0. The highest BCUT2D eigenvalue weighted by Crippen LogP contribution is 2.18. The summed E-state index contributed by atoms with van der Waals surface area (Å²) in [6, 6.07) is 15.8. The van der Waals surface area contributed by atoms with E-state index in [9.17, 15) is 4.39 Å². The number of halogens is 1. The normalized spacial score (nSPS) is 14.2. The molecule has 29 heavy (non-hydrogen) atoms. The Balaban J connectivity index is 1.56. The van der Waals surface area contributed by atoms with Crippen molar-refractivity contribution in [2.24, 2.45) is 5.10 Å². The second kappa shape index (κ2) is 9.07. The van der Waals surface area contributed by atoms with Gasteiger partial charge in [-0.1, -0.05) is 30.3 Å². The maximum absolute atomic E-state index is 13.3. The first-order valence-electron chi connectivity index (χ1n) is 9.22. The van der Waals surface area contributed by atoms with E-state index in [0.29, 0.717) is 43.8 Å². The van der Waals surface area contributed by atoms with Crippen molar-refractivity contribution in [3.05, 3.63) is 66.0 Å². The van der Waals surface area contributed by atoms with Crippen LogP contribution in [0, 0.1) is 5.82 Å². The summed E-state index contributed by atoms with van der Waals surface area (Å²) in [6.07, 6.45) is 1.51. The van der Waals surface area contributed by atoms with Gasteiger partial charge in [-0.3, -0.25) is 0 Å². The Morgan fingerprint density at radius 2 is 1.76 bits per heavy atom. The number of nitrogens with one attached hydrogen (secondary N) is 2. The summed E-state index contributed by atoms with van der Waals surface area (Å²) in [4.78, 5) is 15.4. The van der Waals surface area contributed by atoms with Crippen LogP contribution < -0.4 is 15.6 Å². The number of aromatic nitrogens is 3. The largest absolute Gasteiger partial charge is 0.378 e. The smallest absolute Gasteiger partial charge is 0.250 e. The van der Waals surface area contributed by atoms with E-state index >= 15 is 0 Å². The number of hydrogen-bond acceptors (Lipinski definition) is 8. The van der Waals surface area contributed by atoms with Gasteiger partial charge in [0.1, 0.15) is 5.82 Å². The van der Waals surface area contributed by atoms with E-state index < -0.39 is 0 Å². The molecule has 1 fully saturated rings. The monoisotopic (exact) mass is 393 g/mol. The molecule has 9 heteroatoms. The molecule has 148 valence electrons. The Morgan fingerprint density at radius 3 is 2.55 bits per heavy atom. The predicted octanol–water partition coefficient (Wildman–Crippen LogP) is 3.04. The van der Waals surface area contributed by atoms with Crippen LogP contribution in [0.5, 0.6) is 0 Å². The zero-order valence-electron chi connectivity index (χ0n) is 15.6. The van der Waals surface area contributed by atoms with E-state index in [1.165, 1.54) is 18.3 Å². The number of rotatable bonds is 6. The molecule has 0 unspecified atom stereocenters.